The first kappa shape index (κ1) is 17.3. The molecule has 0 aliphatic carbocycles. The fourth-order valence-electron chi connectivity index (χ4n) is 3.16. The Morgan fingerprint density at radius 3 is 2.56 bits per heavy atom. The predicted octanol–water partition coefficient (Wildman–Crippen LogP) is 4.22. The number of halogens is 1. The maximum atomic E-state index is 13.1. The smallest absolute Gasteiger partial charge is 0.409 e. The van der Waals surface area contributed by atoms with E-state index < -0.39 is 0 Å². The van der Waals surface area contributed by atoms with Crippen molar-refractivity contribution in [1.29, 1.82) is 0 Å². The molecule has 5 heteroatoms. The topological polar surface area (TPSA) is 38.8 Å². The summed E-state index contributed by atoms with van der Waals surface area (Å²) >= 11 is 0. The van der Waals surface area contributed by atoms with Gasteiger partial charge in [-0.1, -0.05) is 30.3 Å². The fourth-order valence-corrected chi connectivity index (χ4v) is 3.16. The molecule has 2 unspecified atom stereocenters. The van der Waals surface area contributed by atoms with Gasteiger partial charge in [-0.05, 0) is 36.8 Å². The Morgan fingerprint density at radius 2 is 1.88 bits per heavy atom. The van der Waals surface area contributed by atoms with Gasteiger partial charge in [0.05, 0.1) is 6.61 Å². The second-order valence-corrected chi connectivity index (χ2v) is 6.06. The number of likely N-dealkylation sites (tertiary alicyclic amines) is 1. The van der Waals surface area contributed by atoms with E-state index in [0.29, 0.717) is 31.9 Å². The van der Waals surface area contributed by atoms with E-state index in [-0.39, 0.29) is 23.9 Å². The van der Waals surface area contributed by atoms with Gasteiger partial charge in [0.1, 0.15) is 17.7 Å². The van der Waals surface area contributed by atoms with E-state index in [0.717, 1.165) is 5.56 Å². The monoisotopic (exact) mass is 343 g/mol. The van der Waals surface area contributed by atoms with Gasteiger partial charge >= 0.3 is 6.09 Å². The van der Waals surface area contributed by atoms with Gasteiger partial charge in [0.15, 0.2) is 0 Å². The van der Waals surface area contributed by atoms with Crippen molar-refractivity contribution in [2.75, 3.05) is 19.7 Å². The van der Waals surface area contributed by atoms with E-state index in [9.17, 15) is 9.18 Å². The Morgan fingerprint density at radius 1 is 1.16 bits per heavy atom. The molecule has 0 N–H and O–H groups in total. The van der Waals surface area contributed by atoms with Gasteiger partial charge < -0.3 is 14.4 Å². The molecule has 1 saturated heterocycles. The van der Waals surface area contributed by atoms with Crippen LogP contribution in [0.5, 0.6) is 5.75 Å². The van der Waals surface area contributed by atoms with Gasteiger partial charge in [-0.2, -0.15) is 0 Å². The van der Waals surface area contributed by atoms with E-state index in [1.54, 1.807) is 24.0 Å². The molecule has 2 atom stereocenters. The van der Waals surface area contributed by atoms with Crippen molar-refractivity contribution in [3.05, 3.63) is 66.0 Å². The molecule has 0 aromatic heterocycles. The minimum absolute atomic E-state index is 0.0319. The Bertz CT molecular complexity index is 690. The average molecular weight is 343 g/mol. The summed E-state index contributed by atoms with van der Waals surface area (Å²) in [6.45, 7) is 3.28. The highest BCUT2D eigenvalue weighted by Crippen LogP contribution is 2.31. The second-order valence-electron chi connectivity index (χ2n) is 6.06. The lowest BCUT2D eigenvalue weighted by Crippen LogP contribution is -2.47. The number of carbonyl (C=O) groups excluding carboxylic acids is 1. The zero-order valence-electron chi connectivity index (χ0n) is 14.2. The van der Waals surface area contributed by atoms with E-state index in [4.69, 9.17) is 9.47 Å². The molecule has 0 saturated carbocycles. The van der Waals surface area contributed by atoms with Gasteiger partial charge in [-0.3, -0.25) is 0 Å². The van der Waals surface area contributed by atoms with Gasteiger partial charge in [-0.15, -0.1) is 0 Å². The summed E-state index contributed by atoms with van der Waals surface area (Å²) in [4.78, 5) is 13.8. The maximum Gasteiger partial charge on any atom is 0.409 e. The standard InChI is InChI=1S/C20H22FNO3/c1-2-24-20(23)22-13-12-19(25-17-10-8-16(21)9-11-17)18(14-22)15-6-4-3-5-7-15/h3-11,18-19H,2,12-14H2,1H3. The Labute approximate surface area is 147 Å². The largest absolute Gasteiger partial charge is 0.490 e. The number of hydrogen-bond donors (Lipinski definition) is 0. The number of ether oxygens (including phenoxy) is 2. The number of amides is 1. The quantitative estimate of drug-likeness (QED) is 0.834. The van der Waals surface area contributed by atoms with Crippen molar-refractivity contribution < 1.29 is 18.7 Å². The molecule has 1 amide bonds. The molecule has 25 heavy (non-hydrogen) atoms. The first-order chi connectivity index (χ1) is 12.2. The summed E-state index contributed by atoms with van der Waals surface area (Å²) in [6, 6.07) is 16.1. The highest BCUT2D eigenvalue weighted by molar-refractivity contribution is 5.67. The van der Waals surface area contributed by atoms with Crippen molar-refractivity contribution in [3.8, 4) is 5.75 Å². The summed E-state index contributed by atoms with van der Waals surface area (Å²) in [6.07, 6.45) is 0.317. The van der Waals surface area contributed by atoms with Crippen LogP contribution in [0, 0.1) is 5.82 Å². The third-order valence-corrected chi connectivity index (χ3v) is 4.40. The van der Waals surface area contributed by atoms with Gasteiger partial charge in [-0.25, -0.2) is 9.18 Å². The molecule has 1 aliphatic rings. The van der Waals surface area contributed by atoms with Crippen molar-refractivity contribution in [2.24, 2.45) is 0 Å². The van der Waals surface area contributed by atoms with Gasteiger partial charge in [0.2, 0.25) is 0 Å². The van der Waals surface area contributed by atoms with Crippen LogP contribution in [-0.4, -0.2) is 36.8 Å². The van der Waals surface area contributed by atoms with Crippen molar-refractivity contribution >= 4 is 6.09 Å². The molecule has 3 rings (SSSR count). The summed E-state index contributed by atoms with van der Waals surface area (Å²) in [7, 11) is 0. The lowest BCUT2D eigenvalue weighted by atomic mass is 9.88. The number of rotatable bonds is 4. The van der Waals surface area contributed by atoms with Crippen molar-refractivity contribution in [1.82, 2.24) is 4.90 Å². The lowest BCUT2D eigenvalue weighted by Gasteiger charge is -2.38. The number of hydrogen-bond acceptors (Lipinski definition) is 3. The summed E-state index contributed by atoms with van der Waals surface area (Å²) in [5, 5.41) is 0. The van der Waals surface area contributed by atoms with Crippen molar-refractivity contribution in [2.45, 2.75) is 25.4 Å². The molecule has 0 radical (unpaired) electrons. The molecule has 132 valence electrons. The molecule has 1 aliphatic heterocycles. The summed E-state index contributed by atoms with van der Waals surface area (Å²) in [5.74, 6) is 0.380. The Kier molecular flexibility index (Phi) is 5.53. The molecule has 2 aromatic carbocycles. The van der Waals surface area contributed by atoms with Crippen LogP contribution in [-0.2, 0) is 4.74 Å². The molecule has 1 heterocycles. The van der Waals surface area contributed by atoms with Gasteiger partial charge in [0, 0.05) is 25.4 Å². The van der Waals surface area contributed by atoms with Crippen LogP contribution in [0.25, 0.3) is 0 Å². The third-order valence-electron chi connectivity index (χ3n) is 4.40. The highest BCUT2D eigenvalue weighted by atomic mass is 19.1. The number of nitrogens with zero attached hydrogens (tertiary/aromatic N) is 1. The van der Waals surface area contributed by atoms with E-state index in [1.165, 1.54) is 12.1 Å². The maximum absolute atomic E-state index is 13.1. The van der Waals surface area contributed by atoms with Gasteiger partial charge in [0.25, 0.3) is 0 Å². The predicted molar refractivity (Wildman–Crippen MR) is 93.2 cm³/mol. The van der Waals surface area contributed by atoms with E-state index >= 15 is 0 Å². The number of benzene rings is 2. The minimum Gasteiger partial charge on any atom is -0.490 e. The molecule has 0 spiro atoms. The van der Waals surface area contributed by atoms with E-state index in [1.807, 2.05) is 30.3 Å². The van der Waals surface area contributed by atoms with Crippen LogP contribution >= 0.6 is 0 Å². The average Bonchev–Trinajstić information content (AvgIpc) is 2.65. The van der Waals surface area contributed by atoms with Crippen LogP contribution in [0.1, 0.15) is 24.8 Å². The van der Waals surface area contributed by atoms with Crippen LogP contribution in [0.4, 0.5) is 9.18 Å². The molecule has 0 bridgehead atoms. The molecule has 1 fully saturated rings. The van der Waals surface area contributed by atoms with Crippen LogP contribution in [0.3, 0.4) is 0 Å². The molecule has 4 nitrogen and oxygen atoms in total. The molecular formula is C20H22FNO3. The zero-order valence-corrected chi connectivity index (χ0v) is 14.2. The third kappa shape index (κ3) is 4.29. The van der Waals surface area contributed by atoms with E-state index in [2.05, 4.69) is 0 Å². The summed E-state index contributed by atoms with van der Waals surface area (Å²) in [5.41, 5.74) is 1.11. The zero-order chi connectivity index (χ0) is 17.6. The Hall–Kier alpha value is -2.56. The van der Waals surface area contributed by atoms with Crippen LogP contribution in [0.15, 0.2) is 54.6 Å². The molecular weight excluding hydrogens is 321 g/mol. The summed E-state index contributed by atoms with van der Waals surface area (Å²) < 4.78 is 24.4. The normalized spacial score (nSPS) is 20.2. The highest BCUT2D eigenvalue weighted by Gasteiger charge is 2.34. The van der Waals surface area contributed by atoms with Crippen LogP contribution in [0.2, 0.25) is 0 Å². The second kappa shape index (κ2) is 8.01. The first-order valence-electron chi connectivity index (χ1n) is 8.56. The minimum atomic E-state index is -0.288. The van der Waals surface area contributed by atoms with Crippen LogP contribution < -0.4 is 4.74 Å². The fraction of sp³-hybridized carbons (Fsp3) is 0.350. The lowest BCUT2D eigenvalue weighted by molar-refractivity contribution is 0.0573. The SMILES string of the molecule is CCOC(=O)N1CCC(Oc2ccc(F)cc2)C(c2ccccc2)C1. The Balaban J connectivity index is 1.79. The number of piperidine rings is 1. The molecule has 2 aromatic rings. The number of carbonyl (C=O) groups is 1. The van der Waals surface area contributed by atoms with Crippen molar-refractivity contribution in [3.63, 3.8) is 0 Å². The first-order valence-corrected chi connectivity index (χ1v) is 8.56.